The summed E-state index contributed by atoms with van der Waals surface area (Å²) >= 11 is 1.41. The van der Waals surface area contributed by atoms with Gasteiger partial charge in [-0.2, -0.15) is 0 Å². The highest BCUT2D eigenvalue weighted by Gasteiger charge is 2.13. The Morgan fingerprint density at radius 3 is 2.74 bits per heavy atom. The summed E-state index contributed by atoms with van der Waals surface area (Å²) < 4.78 is 6.96. The molecule has 0 spiro atoms. The zero-order valence-electron chi connectivity index (χ0n) is 14.4. The Morgan fingerprint density at radius 1 is 1.11 bits per heavy atom. The number of fused-ring (bicyclic) bond motifs is 1. The predicted molar refractivity (Wildman–Crippen MR) is 105 cm³/mol. The molecule has 1 N–H and O–H groups in total. The van der Waals surface area contributed by atoms with Crippen molar-refractivity contribution in [3.63, 3.8) is 0 Å². The van der Waals surface area contributed by atoms with Crippen molar-refractivity contribution < 1.29 is 9.53 Å². The molecule has 0 radical (unpaired) electrons. The van der Waals surface area contributed by atoms with Crippen molar-refractivity contribution >= 4 is 28.3 Å². The lowest BCUT2D eigenvalue weighted by atomic mass is 10.2. The Labute approximate surface area is 159 Å². The number of hydrogen-bond acceptors (Lipinski definition) is 5. The molecule has 4 rings (SSSR count). The fourth-order valence-electron chi connectivity index (χ4n) is 2.87. The van der Waals surface area contributed by atoms with Crippen LogP contribution in [0.3, 0.4) is 0 Å². The van der Waals surface area contributed by atoms with Crippen LogP contribution in [0, 0.1) is 0 Å². The van der Waals surface area contributed by atoms with Crippen LogP contribution >= 0.6 is 11.3 Å². The van der Waals surface area contributed by atoms with Crippen LogP contribution in [0.15, 0.2) is 64.8 Å². The summed E-state index contributed by atoms with van der Waals surface area (Å²) in [5.41, 5.74) is 2.77. The molecule has 0 saturated carbocycles. The van der Waals surface area contributed by atoms with Gasteiger partial charge in [-0.3, -0.25) is 4.57 Å². The van der Waals surface area contributed by atoms with Crippen LogP contribution < -0.4 is 5.69 Å². The number of carbonyl (C=O) groups is 1. The molecule has 0 atom stereocenters. The lowest BCUT2D eigenvalue weighted by Gasteiger charge is -2.04. The molecule has 2 aromatic heterocycles. The van der Waals surface area contributed by atoms with Crippen LogP contribution in [0.4, 0.5) is 0 Å². The van der Waals surface area contributed by atoms with Gasteiger partial charge in [-0.15, -0.1) is 11.3 Å². The monoisotopic (exact) mass is 379 g/mol. The zero-order chi connectivity index (χ0) is 18.6. The fourth-order valence-corrected chi connectivity index (χ4v) is 3.67. The maximum absolute atomic E-state index is 12.2. The number of nitrogens with zero attached hydrogens (tertiary/aromatic N) is 2. The Hall–Kier alpha value is -3.19. The number of carbonyl (C=O) groups excluding carboxylic acids is 1. The summed E-state index contributed by atoms with van der Waals surface area (Å²) in [4.78, 5) is 31.4. The highest BCUT2D eigenvalue weighted by molar-refractivity contribution is 7.13. The molecule has 7 heteroatoms. The second-order valence-electron chi connectivity index (χ2n) is 5.99. The molecule has 136 valence electrons. The van der Waals surface area contributed by atoms with Gasteiger partial charge in [-0.05, 0) is 18.6 Å². The van der Waals surface area contributed by atoms with Crippen LogP contribution in [0.1, 0.15) is 16.9 Å². The lowest BCUT2D eigenvalue weighted by Crippen LogP contribution is -2.18. The van der Waals surface area contributed by atoms with Crippen LogP contribution in [0.2, 0.25) is 0 Å². The Bertz CT molecular complexity index is 1130. The maximum Gasteiger partial charge on any atom is 0.357 e. The van der Waals surface area contributed by atoms with E-state index in [2.05, 4.69) is 9.97 Å². The minimum Gasteiger partial charge on any atom is -0.461 e. The van der Waals surface area contributed by atoms with Gasteiger partial charge in [0.2, 0.25) is 0 Å². The van der Waals surface area contributed by atoms with E-state index in [0.29, 0.717) is 18.7 Å². The first kappa shape index (κ1) is 17.2. The second-order valence-corrected chi connectivity index (χ2v) is 6.85. The van der Waals surface area contributed by atoms with Crippen molar-refractivity contribution in [3.8, 4) is 10.6 Å². The summed E-state index contributed by atoms with van der Waals surface area (Å²) in [7, 11) is 0. The van der Waals surface area contributed by atoms with Gasteiger partial charge in [0.1, 0.15) is 5.01 Å². The number of thiazole rings is 1. The minimum atomic E-state index is -0.445. The smallest absolute Gasteiger partial charge is 0.357 e. The van der Waals surface area contributed by atoms with E-state index in [0.717, 1.165) is 21.6 Å². The van der Waals surface area contributed by atoms with Gasteiger partial charge in [0.25, 0.3) is 0 Å². The summed E-state index contributed by atoms with van der Waals surface area (Å²) in [6.45, 7) is 0.700. The molecule has 0 aliphatic carbocycles. The number of nitrogens with one attached hydrogen (secondary N) is 1. The molecule has 0 bridgehead atoms. The molecule has 4 aromatic rings. The molecule has 0 amide bonds. The van der Waals surface area contributed by atoms with Gasteiger partial charge in [-0.1, -0.05) is 42.5 Å². The Kier molecular flexibility index (Phi) is 4.84. The summed E-state index contributed by atoms with van der Waals surface area (Å²) in [6, 6.07) is 17.2. The number of aromatic nitrogens is 3. The van der Waals surface area contributed by atoms with Gasteiger partial charge in [0, 0.05) is 17.5 Å². The first-order chi connectivity index (χ1) is 13.2. The molecule has 0 saturated heterocycles. The Balaban J connectivity index is 1.34. The molecular weight excluding hydrogens is 362 g/mol. The number of aryl methyl sites for hydroxylation is 1. The molecule has 27 heavy (non-hydrogen) atoms. The average molecular weight is 379 g/mol. The van der Waals surface area contributed by atoms with E-state index in [1.165, 1.54) is 11.3 Å². The SMILES string of the molecule is O=C(OCCCn1c(=O)[nH]c2ccccc21)c1csc(-c2ccccc2)n1. The van der Waals surface area contributed by atoms with Crippen LogP contribution in [0.5, 0.6) is 0 Å². The number of esters is 1. The number of hydrogen-bond donors (Lipinski definition) is 1. The van der Waals surface area contributed by atoms with Gasteiger partial charge in [0.05, 0.1) is 17.6 Å². The van der Waals surface area contributed by atoms with Crippen molar-refractivity contribution in [1.82, 2.24) is 14.5 Å². The molecule has 2 aromatic carbocycles. The number of H-pyrrole nitrogens is 1. The number of rotatable bonds is 6. The number of para-hydroxylation sites is 2. The van der Waals surface area contributed by atoms with Crippen molar-refractivity contribution in [2.45, 2.75) is 13.0 Å². The summed E-state index contributed by atoms with van der Waals surface area (Å²) in [5, 5.41) is 2.49. The third-order valence-corrected chi connectivity index (χ3v) is 5.07. The van der Waals surface area contributed by atoms with Gasteiger partial charge in [0.15, 0.2) is 5.69 Å². The highest BCUT2D eigenvalue weighted by Crippen LogP contribution is 2.23. The van der Waals surface area contributed by atoms with Crippen LogP contribution in [-0.4, -0.2) is 27.1 Å². The summed E-state index contributed by atoms with van der Waals surface area (Å²) in [6.07, 6.45) is 0.545. The first-order valence-electron chi connectivity index (χ1n) is 8.58. The Morgan fingerprint density at radius 2 is 1.89 bits per heavy atom. The van der Waals surface area contributed by atoms with E-state index in [1.54, 1.807) is 9.95 Å². The largest absolute Gasteiger partial charge is 0.461 e. The lowest BCUT2D eigenvalue weighted by molar-refractivity contribution is 0.0490. The van der Waals surface area contributed by atoms with Crippen molar-refractivity contribution in [2.75, 3.05) is 6.61 Å². The highest BCUT2D eigenvalue weighted by atomic mass is 32.1. The predicted octanol–water partition coefficient (Wildman–Crippen LogP) is 3.70. The molecule has 0 aliphatic heterocycles. The van der Waals surface area contributed by atoms with Gasteiger partial charge < -0.3 is 9.72 Å². The van der Waals surface area contributed by atoms with Gasteiger partial charge >= 0.3 is 11.7 Å². The van der Waals surface area contributed by atoms with Crippen LogP contribution in [0.25, 0.3) is 21.6 Å². The topological polar surface area (TPSA) is 77.0 Å². The number of imidazole rings is 1. The maximum atomic E-state index is 12.2. The number of aromatic amines is 1. The molecule has 0 aliphatic rings. The quantitative estimate of drug-likeness (QED) is 0.409. The standard InChI is InChI=1S/C20H17N3O3S/c24-19(16-13-27-18(21-16)14-7-2-1-3-8-14)26-12-6-11-23-17-10-5-4-9-15(17)22-20(23)25/h1-5,7-10,13H,6,11-12H2,(H,22,25). The molecular formula is C20H17N3O3S. The van der Waals surface area contributed by atoms with E-state index < -0.39 is 5.97 Å². The normalized spacial score (nSPS) is 11.0. The second kappa shape index (κ2) is 7.59. The fraction of sp³-hybridized carbons (Fsp3) is 0.150. The van der Waals surface area contributed by atoms with Crippen molar-refractivity contribution in [3.05, 3.63) is 76.2 Å². The zero-order valence-corrected chi connectivity index (χ0v) is 15.2. The average Bonchev–Trinajstić information content (AvgIpc) is 3.31. The summed E-state index contributed by atoms with van der Waals surface area (Å²) in [5.74, 6) is -0.445. The molecule has 6 nitrogen and oxygen atoms in total. The van der Waals surface area contributed by atoms with E-state index in [4.69, 9.17) is 4.74 Å². The minimum absolute atomic E-state index is 0.158. The van der Waals surface area contributed by atoms with Crippen LogP contribution in [-0.2, 0) is 11.3 Å². The van der Waals surface area contributed by atoms with Crippen molar-refractivity contribution in [2.24, 2.45) is 0 Å². The van der Waals surface area contributed by atoms with Crippen molar-refractivity contribution in [1.29, 1.82) is 0 Å². The van der Waals surface area contributed by atoms with E-state index >= 15 is 0 Å². The number of ether oxygens (including phenoxy) is 1. The van der Waals surface area contributed by atoms with E-state index in [1.807, 2.05) is 54.6 Å². The number of benzene rings is 2. The third kappa shape index (κ3) is 3.68. The van der Waals surface area contributed by atoms with Gasteiger partial charge in [-0.25, -0.2) is 14.6 Å². The molecule has 2 heterocycles. The third-order valence-electron chi connectivity index (χ3n) is 4.17. The van der Waals surface area contributed by atoms with E-state index in [-0.39, 0.29) is 12.3 Å². The molecule has 0 unspecified atom stereocenters. The molecule has 0 fully saturated rings. The van der Waals surface area contributed by atoms with E-state index in [9.17, 15) is 9.59 Å². The first-order valence-corrected chi connectivity index (χ1v) is 9.46.